The Hall–Kier alpha value is -2.82. The Labute approximate surface area is 172 Å². The minimum atomic E-state index is -4.06. The molecular formula is C20H21F2N3O4S. The number of aryl methyl sites for hydroxylation is 2. The zero-order chi connectivity index (χ0) is 22.2. The molecule has 0 aliphatic heterocycles. The molecule has 0 saturated heterocycles. The second-order valence-corrected chi connectivity index (χ2v) is 8.33. The number of halogens is 2. The lowest BCUT2D eigenvalue weighted by atomic mass is 10.0. The normalized spacial score (nSPS) is 11.9. The summed E-state index contributed by atoms with van der Waals surface area (Å²) in [7, 11) is -2.51. The van der Waals surface area contributed by atoms with E-state index in [0.29, 0.717) is 22.7 Å². The fourth-order valence-electron chi connectivity index (χ4n) is 3.28. The fourth-order valence-corrected chi connectivity index (χ4v) is 4.03. The molecule has 3 N–H and O–H groups in total. The van der Waals surface area contributed by atoms with Crippen molar-refractivity contribution in [2.24, 2.45) is 5.14 Å². The number of sulfonamides is 1. The van der Waals surface area contributed by atoms with Gasteiger partial charge in [-0.1, -0.05) is 0 Å². The van der Waals surface area contributed by atoms with Crippen LogP contribution in [0.2, 0.25) is 0 Å². The molecule has 1 heterocycles. The second-order valence-electron chi connectivity index (χ2n) is 6.80. The summed E-state index contributed by atoms with van der Waals surface area (Å²) < 4.78 is 56.9. The lowest BCUT2D eigenvalue weighted by Gasteiger charge is -2.14. The Balaban J connectivity index is 2.26. The van der Waals surface area contributed by atoms with Crippen molar-refractivity contribution in [2.45, 2.75) is 31.8 Å². The van der Waals surface area contributed by atoms with Crippen LogP contribution in [-0.2, 0) is 16.6 Å². The van der Waals surface area contributed by atoms with Gasteiger partial charge in [0.2, 0.25) is 10.0 Å². The van der Waals surface area contributed by atoms with Crippen molar-refractivity contribution in [3.63, 3.8) is 0 Å². The monoisotopic (exact) mass is 437 g/mol. The molecule has 3 rings (SSSR count). The number of aliphatic hydroxyl groups is 1. The highest BCUT2D eigenvalue weighted by molar-refractivity contribution is 7.89. The van der Waals surface area contributed by atoms with Crippen molar-refractivity contribution in [3.05, 3.63) is 58.8 Å². The van der Waals surface area contributed by atoms with Gasteiger partial charge in [-0.15, -0.1) is 0 Å². The van der Waals surface area contributed by atoms with Gasteiger partial charge in [-0.05, 0) is 66.9 Å². The van der Waals surface area contributed by atoms with Gasteiger partial charge < -0.3 is 9.84 Å². The molecule has 0 fully saturated rings. The third kappa shape index (κ3) is 4.07. The summed E-state index contributed by atoms with van der Waals surface area (Å²) in [5, 5.41) is 18.8. The molecule has 0 unspecified atom stereocenters. The molecule has 2 aromatic carbocycles. The molecule has 0 saturated carbocycles. The molecule has 30 heavy (non-hydrogen) atoms. The summed E-state index contributed by atoms with van der Waals surface area (Å²) in [4.78, 5) is -0.243. The van der Waals surface area contributed by atoms with Crippen molar-refractivity contribution in [1.29, 1.82) is 0 Å². The van der Waals surface area contributed by atoms with E-state index < -0.39 is 28.7 Å². The van der Waals surface area contributed by atoms with E-state index in [-0.39, 0.29) is 10.5 Å². The molecule has 0 spiro atoms. The van der Waals surface area contributed by atoms with Crippen molar-refractivity contribution in [1.82, 2.24) is 9.78 Å². The van der Waals surface area contributed by atoms with Gasteiger partial charge in [0.05, 0.1) is 30.0 Å². The third-order valence-corrected chi connectivity index (χ3v) is 5.75. The van der Waals surface area contributed by atoms with Gasteiger partial charge >= 0.3 is 0 Å². The molecule has 3 aromatic rings. The van der Waals surface area contributed by atoms with Crippen LogP contribution in [0, 0.1) is 13.8 Å². The number of aliphatic hydroxyl groups excluding tert-OH is 1. The van der Waals surface area contributed by atoms with Crippen LogP contribution < -0.4 is 9.88 Å². The van der Waals surface area contributed by atoms with Gasteiger partial charge in [0.1, 0.15) is 11.4 Å². The predicted octanol–water partition coefficient (Wildman–Crippen LogP) is 3.24. The molecule has 1 aromatic heterocycles. The Kier molecular flexibility index (Phi) is 5.93. The van der Waals surface area contributed by atoms with Crippen LogP contribution in [0.3, 0.4) is 0 Å². The van der Waals surface area contributed by atoms with E-state index in [2.05, 4.69) is 5.10 Å². The number of methoxy groups -OCH3 is 1. The maximum absolute atomic E-state index is 13.4. The molecule has 0 aliphatic carbocycles. The number of nitrogens with zero attached hydrogens (tertiary/aromatic N) is 2. The highest BCUT2D eigenvalue weighted by Gasteiger charge is 2.21. The SMILES string of the molecule is COc1cc(C)c(-c2cc(C(F)F)nn2-c2ccc(S(N)(=O)=O)c(CO)c2)cc1C. The summed E-state index contributed by atoms with van der Waals surface area (Å²) in [5.74, 6) is 0.663. The average Bonchev–Trinajstić information content (AvgIpc) is 3.13. The molecule has 160 valence electrons. The number of benzene rings is 2. The van der Waals surface area contributed by atoms with Crippen LogP contribution in [0.25, 0.3) is 16.9 Å². The topological polar surface area (TPSA) is 107 Å². The smallest absolute Gasteiger partial charge is 0.282 e. The molecular weight excluding hydrogens is 416 g/mol. The number of rotatable bonds is 6. The van der Waals surface area contributed by atoms with Crippen molar-refractivity contribution in [2.75, 3.05) is 7.11 Å². The Morgan fingerprint density at radius 3 is 2.43 bits per heavy atom. The second kappa shape index (κ2) is 8.13. The van der Waals surface area contributed by atoms with Crippen LogP contribution in [0.5, 0.6) is 5.75 Å². The van der Waals surface area contributed by atoms with Crippen molar-refractivity contribution < 1.29 is 27.0 Å². The first-order chi connectivity index (χ1) is 14.1. The van der Waals surface area contributed by atoms with Gasteiger partial charge in [-0.2, -0.15) is 5.10 Å². The maximum Gasteiger partial charge on any atom is 0.282 e. The minimum absolute atomic E-state index is 0.0395. The molecule has 0 bridgehead atoms. The van der Waals surface area contributed by atoms with Gasteiger partial charge in [-0.25, -0.2) is 27.0 Å². The molecule has 0 aliphatic rings. The van der Waals surface area contributed by atoms with Crippen molar-refractivity contribution >= 4 is 10.0 Å². The maximum atomic E-state index is 13.4. The van der Waals surface area contributed by atoms with Gasteiger partial charge in [-0.3, -0.25) is 0 Å². The number of ether oxygens (including phenoxy) is 1. The third-order valence-electron chi connectivity index (χ3n) is 4.74. The number of nitrogens with two attached hydrogens (primary N) is 1. The quantitative estimate of drug-likeness (QED) is 0.616. The van der Waals surface area contributed by atoms with E-state index in [1.165, 1.54) is 28.9 Å². The number of hydrogen-bond acceptors (Lipinski definition) is 5. The van der Waals surface area contributed by atoms with Crippen LogP contribution in [-0.4, -0.2) is 30.4 Å². The Morgan fingerprint density at radius 2 is 1.87 bits per heavy atom. The molecule has 0 radical (unpaired) electrons. The molecule has 10 heteroatoms. The van der Waals surface area contributed by atoms with E-state index in [0.717, 1.165) is 11.1 Å². The standard InChI is InChI=1S/C20H21F2N3O4S/c1-11-7-18(29-3)12(2)6-15(11)17-9-16(20(21)22)24-25(17)14-4-5-19(30(23,27)28)13(8-14)10-26/h4-9,20,26H,10H2,1-3H3,(H2,23,27,28). The minimum Gasteiger partial charge on any atom is -0.496 e. The first-order valence-electron chi connectivity index (χ1n) is 8.87. The molecule has 7 nitrogen and oxygen atoms in total. The summed E-state index contributed by atoms with van der Waals surface area (Å²) >= 11 is 0. The van der Waals surface area contributed by atoms with Crippen LogP contribution >= 0.6 is 0 Å². The van der Waals surface area contributed by atoms with Gasteiger partial charge in [0.25, 0.3) is 6.43 Å². The largest absolute Gasteiger partial charge is 0.496 e. The molecule has 0 atom stereocenters. The first-order valence-corrected chi connectivity index (χ1v) is 10.4. The van der Waals surface area contributed by atoms with Crippen LogP contribution in [0.15, 0.2) is 41.3 Å². The number of hydrogen-bond donors (Lipinski definition) is 2. The predicted molar refractivity (Wildman–Crippen MR) is 107 cm³/mol. The Morgan fingerprint density at radius 1 is 1.17 bits per heavy atom. The lowest BCUT2D eigenvalue weighted by molar-refractivity contribution is 0.145. The van der Waals surface area contributed by atoms with E-state index in [9.17, 15) is 22.3 Å². The average molecular weight is 437 g/mol. The summed E-state index contributed by atoms with van der Waals surface area (Å²) in [6.45, 7) is 3.06. The number of aromatic nitrogens is 2. The van der Waals surface area contributed by atoms with Crippen LogP contribution in [0.1, 0.15) is 28.8 Å². The first kappa shape index (κ1) is 21.9. The van der Waals surface area contributed by atoms with Gasteiger partial charge in [0.15, 0.2) is 0 Å². The highest BCUT2D eigenvalue weighted by Crippen LogP contribution is 2.34. The highest BCUT2D eigenvalue weighted by atomic mass is 32.2. The summed E-state index contributed by atoms with van der Waals surface area (Å²) in [6.07, 6.45) is -2.80. The summed E-state index contributed by atoms with van der Waals surface area (Å²) in [6, 6.07) is 8.87. The van der Waals surface area contributed by atoms with Crippen molar-refractivity contribution in [3.8, 4) is 22.7 Å². The lowest BCUT2D eigenvalue weighted by Crippen LogP contribution is -2.15. The van der Waals surface area contributed by atoms with E-state index in [4.69, 9.17) is 9.88 Å². The van der Waals surface area contributed by atoms with Crippen LogP contribution in [0.4, 0.5) is 8.78 Å². The number of alkyl halides is 2. The van der Waals surface area contributed by atoms with E-state index >= 15 is 0 Å². The summed E-state index contributed by atoms with van der Waals surface area (Å²) in [5.41, 5.74) is 2.56. The fraction of sp³-hybridized carbons (Fsp3) is 0.250. The van der Waals surface area contributed by atoms with E-state index in [1.54, 1.807) is 13.2 Å². The van der Waals surface area contributed by atoms with Gasteiger partial charge in [0, 0.05) is 5.56 Å². The zero-order valence-electron chi connectivity index (χ0n) is 16.6. The number of primary sulfonamides is 1. The molecule has 0 amide bonds. The zero-order valence-corrected chi connectivity index (χ0v) is 17.4. The van der Waals surface area contributed by atoms with E-state index in [1.807, 2.05) is 19.9 Å². The Bertz CT molecular complexity index is 1210.